The maximum Gasteiger partial charge on any atom is 0.242 e. The predicted molar refractivity (Wildman–Crippen MR) is 61.7 cm³/mol. The molecule has 0 aromatic rings. The van der Waals surface area contributed by atoms with E-state index in [1.807, 2.05) is 0 Å². The zero-order valence-electron chi connectivity index (χ0n) is 9.79. The minimum absolute atomic E-state index is 0.0324. The lowest BCUT2D eigenvalue weighted by Crippen LogP contribution is -2.48. The second kappa shape index (κ2) is 6.48. The summed E-state index contributed by atoms with van der Waals surface area (Å²) in [5.41, 5.74) is 5.59. The molecule has 0 bridgehead atoms. The Morgan fingerprint density at radius 2 is 2.44 bits per heavy atom. The summed E-state index contributed by atoms with van der Waals surface area (Å²) in [6.45, 7) is 2.55. The van der Waals surface area contributed by atoms with E-state index >= 15 is 0 Å². The fourth-order valence-corrected chi connectivity index (χ4v) is 1.81. The lowest BCUT2D eigenvalue weighted by atomic mass is 10.1. The van der Waals surface area contributed by atoms with Crippen LogP contribution in [0.4, 0.5) is 0 Å². The van der Waals surface area contributed by atoms with Crippen molar-refractivity contribution in [3.05, 3.63) is 0 Å². The van der Waals surface area contributed by atoms with Crippen LogP contribution in [0.3, 0.4) is 0 Å². The molecule has 2 amide bonds. The maximum atomic E-state index is 11.7. The zero-order valence-corrected chi connectivity index (χ0v) is 9.79. The van der Waals surface area contributed by atoms with Gasteiger partial charge in [-0.3, -0.25) is 9.59 Å². The van der Waals surface area contributed by atoms with Crippen molar-refractivity contribution in [2.75, 3.05) is 6.54 Å². The first-order valence-electron chi connectivity index (χ1n) is 5.97. The Kier molecular flexibility index (Phi) is 5.25. The van der Waals surface area contributed by atoms with Crippen molar-refractivity contribution in [2.45, 2.75) is 51.1 Å². The van der Waals surface area contributed by atoms with Crippen molar-refractivity contribution in [1.29, 1.82) is 0 Å². The van der Waals surface area contributed by atoms with Crippen LogP contribution in [0.5, 0.6) is 0 Å². The number of carbonyl (C=O) groups excluding carboxylic acids is 2. The van der Waals surface area contributed by atoms with Gasteiger partial charge in [-0.25, -0.2) is 0 Å². The number of carbonyl (C=O) groups is 2. The molecule has 5 nitrogen and oxygen atoms in total. The summed E-state index contributed by atoms with van der Waals surface area (Å²) >= 11 is 0. The largest absolute Gasteiger partial charge is 0.350 e. The number of rotatable bonds is 6. The SMILES string of the molecule is CCCCC(CN)NC(=O)C1CCC(=O)N1. The summed E-state index contributed by atoms with van der Waals surface area (Å²) in [5, 5.41) is 5.53. The van der Waals surface area contributed by atoms with Gasteiger partial charge in [0.2, 0.25) is 11.8 Å². The number of amides is 2. The molecule has 2 atom stereocenters. The number of hydrogen-bond acceptors (Lipinski definition) is 3. The van der Waals surface area contributed by atoms with E-state index in [1.165, 1.54) is 0 Å². The lowest BCUT2D eigenvalue weighted by molar-refractivity contribution is -0.126. The quantitative estimate of drug-likeness (QED) is 0.592. The van der Waals surface area contributed by atoms with E-state index in [2.05, 4.69) is 17.6 Å². The zero-order chi connectivity index (χ0) is 12.0. The van der Waals surface area contributed by atoms with Gasteiger partial charge in [-0.2, -0.15) is 0 Å². The molecular weight excluding hydrogens is 206 g/mol. The van der Waals surface area contributed by atoms with Crippen molar-refractivity contribution in [3.63, 3.8) is 0 Å². The summed E-state index contributed by atoms with van der Waals surface area (Å²) in [7, 11) is 0. The highest BCUT2D eigenvalue weighted by molar-refractivity contribution is 5.90. The van der Waals surface area contributed by atoms with Gasteiger partial charge in [0.15, 0.2) is 0 Å². The molecule has 1 rings (SSSR count). The lowest BCUT2D eigenvalue weighted by Gasteiger charge is -2.19. The minimum Gasteiger partial charge on any atom is -0.350 e. The monoisotopic (exact) mass is 227 g/mol. The third-order valence-corrected chi connectivity index (χ3v) is 2.85. The Morgan fingerprint density at radius 3 is 2.94 bits per heavy atom. The van der Waals surface area contributed by atoms with E-state index in [-0.39, 0.29) is 23.9 Å². The smallest absolute Gasteiger partial charge is 0.242 e. The topological polar surface area (TPSA) is 84.2 Å². The summed E-state index contributed by atoms with van der Waals surface area (Å²) in [6.07, 6.45) is 4.08. The van der Waals surface area contributed by atoms with Crippen molar-refractivity contribution in [3.8, 4) is 0 Å². The second-order valence-electron chi connectivity index (χ2n) is 4.24. The van der Waals surface area contributed by atoms with Crippen LogP contribution in [0.2, 0.25) is 0 Å². The Balaban J connectivity index is 2.33. The van der Waals surface area contributed by atoms with Crippen LogP contribution >= 0.6 is 0 Å². The van der Waals surface area contributed by atoms with E-state index in [0.717, 1.165) is 19.3 Å². The first kappa shape index (κ1) is 13.0. The van der Waals surface area contributed by atoms with E-state index in [0.29, 0.717) is 19.4 Å². The van der Waals surface area contributed by atoms with E-state index in [1.54, 1.807) is 0 Å². The predicted octanol–water partition coefficient (Wildman–Crippen LogP) is -0.101. The highest BCUT2D eigenvalue weighted by Crippen LogP contribution is 2.07. The first-order chi connectivity index (χ1) is 7.67. The average Bonchev–Trinajstić information content (AvgIpc) is 2.70. The van der Waals surface area contributed by atoms with Crippen molar-refractivity contribution >= 4 is 11.8 Å². The van der Waals surface area contributed by atoms with E-state index in [4.69, 9.17) is 5.73 Å². The summed E-state index contributed by atoms with van der Waals surface area (Å²) in [4.78, 5) is 22.7. The van der Waals surface area contributed by atoms with Crippen molar-refractivity contribution in [2.24, 2.45) is 5.73 Å². The van der Waals surface area contributed by atoms with Crippen molar-refractivity contribution in [1.82, 2.24) is 10.6 Å². The molecule has 0 radical (unpaired) electrons. The van der Waals surface area contributed by atoms with Gasteiger partial charge in [-0.05, 0) is 12.8 Å². The molecule has 0 aromatic carbocycles. The molecule has 5 heteroatoms. The molecule has 16 heavy (non-hydrogen) atoms. The Hall–Kier alpha value is -1.10. The molecule has 1 saturated heterocycles. The highest BCUT2D eigenvalue weighted by atomic mass is 16.2. The van der Waals surface area contributed by atoms with Gasteiger partial charge in [0.05, 0.1) is 0 Å². The number of nitrogens with one attached hydrogen (secondary N) is 2. The van der Waals surface area contributed by atoms with Crippen LogP contribution < -0.4 is 16.4 Å². The Morgan fingerprint density at radius 1 is 1.69 bits per heavy atom. The van der Waals surface area contributed by atoms with Crippen LogP contribution in [0.15, 0.2) is 0 Å². The van der Waals surface area contributed by atoms with E-state index in [9.17, 15) is 9.59 Å². The fourth-order valence-electron chi connectivity index (χ4n) is 1.81. The van der Waals surface area contributed by atoms with Crippen LogP contribution in [-0.4, -0.2) is 30.4 Å². The molecule has 0 saturated carbocycles. The number of unbranched alkanes of at least 4 members (excludes halogenated alkanes) is 1. The van der Waals surface area contributed by atoms with Crippen LogP contribution in [0, 0.1) is 0 Å². The average molecular weight is 227 g/mol. The standard InChI is InChI=1S/C11H21N3O2/c1-2-3-4-8(7-12)13-11(16)9-5-6-10(15)14-9/h8-9H,2-7,12H2,1H3,(H,13,16)(H,14,15). The Bertz CT molecular complexity index is 256. The number of hydrogen-bond donors (Lipinski definition) is 3. The summed E-state index contributed by atoms with van der Waals surface area (Å²) in [6, 6.07) is -0.326. The summed E-state index contributed by atoms with van der Waals surface area (Å²) < 4.78 is 0. The molecule has 1 heterocycles. The van der Waals surface area contributed by atoms with Gasteiger partial charge >= 0.3 is 0 Å². The van der Waals surface area contributed by atoms with Gasteiger partial charge in [-0.15, -0.1) is 0 Å². The van der Waals surface area contributed by atoms with Crippen LogP contribution in [0.25, 0.3) is 0 Å². The minimum atomic E-state index is -0.358. The molecule has 1 aliphatic heterocycles. The van der Waals surface area contributed by atoms with Gasteiger partial charge in [0, 0.05) is 19.0 Å². The molecule has 2 unspecified atom stereocenters. The first-order valence-corrected chi connectivity index (χ1v) is 5.97. The van der Waals surface area contributed by atoms with Gasteiger partial charge in [0.25, 0.3) is 0 Å². The highest BCUT2D eigenvalue weighted by Gasteiger charge is 2.27. The van der Waals surface area contributed by atoms with E-state index < -0.39 is 0 Å². The molecule has 0 spiro atoms. The van der Waals surface area contributed by atoms with Gasteiger partial charge in [-0.1, -0.05) is 19.8 Å². The van der Waals surface area contributed by atoms with Crippen molar-refractivity contribution < 1.29 is 9.59 Å². The molecule has 0 aliphatic carbocycles. The fraction of sp³-hybridized carbons (Fsp3) is 0.818. The third-order valence-electron chi connectivity index (χ3n) is 2.85. The third kappa shape index (κ3) is 3.81. The molecular formula is C11H21N3O2. The number of nitrogens with two attached hydrogens (primary N) is 1. The molecule has 0 aromatic heterocycles. The van der Waals surface area contributed by atoms with Crippen LogP contribution in [0.1, 0.15) is 39.0 Å². The molecule has 92 valence electrons. The second-order valence-corrected chi connectivity index (χ2v) is 4.24. The molecule has 1 fully saturated rings. The Labute approximate surface area is 96.1 Å². The maximum absolute atomic E-state index is 11.7. The van der Waals surface area contributed by atoms with Crippen LogP contribution in [-0.2, 0) is 9.59 Å². The normalized spacial score (nSPS) is 21.6. The van der Waals surface area contributed by atoms with Gasteiger partial charge < -0.3 is 16.4 Å². The van der Waals surface area contributed by atoms with Gasteiger partial charge in [0.1, 0.15) is 6.04 Å². The molecule has 1 aliphatic rings. The molecule has 4 N–H and O–H groups in total. The summed E-state index contributed by atoms with van der Waals surface area (Å²) in [5.74, 6) is -0.143.